The highest BCUT2D eigenvalue weighted by Crippen LogP contribution is 2.11. The normalized spacial score (nSPS) is 12.2. The molecule has 1 rings (SSSR count). The first kappa shape index (κ1) is 13.7. The Morgan fingerprint density at radius 1 is 1.24 bits per heavy atom. The fourth-order valence-electron chi connectivity index (χ4n) is 1.30. The monoisotopic (exact) mass is 240 g/mol. The minimum atomic E-state index is -0.780. The highest BCUT2D eigenvalue weighted by atomic mass is 16.3. The van der Waals surface area contributed by atoms with E-state index in [-0.39, 0.29) is 13.2 Å². The maximum atomic E-state index is 9.25. The molecule has 17 heavy (non-hydrogen) atoms. The number of nitrogens with one attached hydrogen (secondary N) is 2. The molecule has 0 saturated heterocycles. The summed E-state index contributed by atoms with van der Waals surface area (Å²) in [7, 11) is 0. The summed E-state index contributed by atoms with van der Waals surface area (Å²) >= 11 is 0. The molecule has 0 radical (unpaired) electrons. The van der Waals surface area contributed by atoms with Crippen molar-refractivity contribution in [2.45, 2.75) is 26.4 Å². The van der Waals surface area contributed by atoms with Crippen molar-refractivity contribution in [1.82, 2.24) is 9.97 Å². The van der Waals surface area contributed by atoms with Gasteiger partial charge in [-0.05, 0) is 6.92 Å². The minimum absolute atomic E-state index is 0.265. The number of aliphatic hydroxyl groups is 2. The van der Waals surface area contributed by atoms with E-state index in [4.69, 9.17) is 5.11 Å². The Morgan fingerprint density at radius 2 is 1.88 bits per heavy atom. The molecule has 0 aliphatic carbocycles. The summed E-state index contributed by atoms with van der Waals surface area (Å²) in [6.45, 7) is 4.77. The van der Waals surface area contributed by atoms with Gasteiger partial charge in [-0.3, -0.25) is 0 Å². The first-order valence-electron chi connectivity index (χ1n) is 5.84. The third kappa shape index (κ3) is 4.54. The van der Waals surface area contributed by atoms with Crippen LogP contribution in [0.2, 0.25) is 0 Å². The number of nitrogens with zero attached hydrogens (tertiary/aromatic N) is 2. The largest absolute Gasteiger partial charge is 0.394 e. The third-order valence-corrected chi connectivity index (χ3v) is 2.18. The van der Waals surface area contributed by atoms with Gasteiger partial charge in [0.2, 0.25) is 0 Å². The van der Waals surface area contributed by atoms with Gasteiger partial charge >= 0.3 is 0 Å². The SMILES string of the molecule is CCNc1cc(NCC(O)CO)nc(CC)n1. The molecule has 1 aromatic heterocycles. The molecule has 0 amide bonds. The number of anilines is 2. The number of hydrogen-bond donors (Lipinski definition) is 4. The molecular formula is C11H20N4O2. The summed E-state index contributed by atoms with van der Waals surface area (Å²) in [5, 5.41) is 24.1. The predicted octanol–water partition coefficient (Wildman–Crippen LogP) is 0.236. The van der Waals surface area contributed by atoms with Crippen LogP contribution < -0.4 is 10.6 Å². The van der Waals surface area contributed by atoms with Gasteiger partial charge in [0.25, 0.3) is 0 Å². The van der Waals surface area contributed by atoms with E-state index in [1.165, 1.54) is 0 Å². The summed E-state index contributed by atoms with van der Waals surface area (Å²) in [6.07, 6.45) is -0.0335. The van der Waals surface area contributed by atoms with E-state index < -0.39 is 6.10 Å². The van der Waals surface area contributed by atoms with Crippen molar-refractivity contribution in [1.29, 1.82) is 0 Å². The first-order chi connectivity index (χ1) is 8.19. The predicted molar refractivity (Wildman–Crippen MR) is 67.2 cm³/mol. The van der Waals surface area contributed by atoms with Gasteiger partial charge in [0.05, 0.1) is 12.7 Å². The molecule has 6 nitrogen and oxygen atoms in total. The second-order valence-electron chi connectivity index (χ2n) is 3.66. The van der Waals surface area contributed by atoms with Crippen molar-refractivity contribution in [3.8, 4) is 0 Å². The second-order valence-corrected chi connectivity index (χ2v) is 3.66. The maximum absolute atomic E-state index is 9.25. The van der Waals surface area contributed by atoms with Gasteiger partial charge in [-0.2, -0.15) is 0 Å². The molecule has 1 aromatic rings. The van der Waals surface area contributed by atoms with Crippen molar-refractivity contribution in [2.24, 2.45) is 0 Å². The van der Waals surface area contributed by atoms with E-state index in [1.54, 1.807) is 6.07 Å². The van der Waals surface area contributed by atoms with E-state index >= 15 is 0 Å². The van der Waals surface area contributed by atoms with Gasteiger partial charge in [-0.1, -0.05) is 6.92 Å². The lowest BCUT2D eigenvalue weighted by molar-refractivity contribution is 0.105. The highest BCUT2D eigenvalue weighted by Gasteiger charge is 2.05. The van der Waals surface area contributed by atoms with Crippen molar-refractivity contribution < 1.29 is 10.2 Å². The molecule has 0 fully saturated rings. The Morgan fingerprint density at radius 3 is 2.41 bits per heavy atom. The highest BCUT2D eigenvalue weighted by molar-refractivity contribution is 5.47. The smallest absolute Gasteiger partial charge is 0.132 e. The standard InChI is InChI=1S/C11H20N4O2/c1-3-9-14-10(12-4-2)5-11(15-9)13-6-8(17)7-16/h5,8,16-17H,3-4,6-7H2,1-2H3,(H2,12,13,14,15). The van der Waals surface area contributed by atoms with Crippen LogP contribution in [0.15, 0.2) is 6.07 Å². The van der Waals surface area contributed by atoms with Crippen LogP contribution in [0.1, 0.15) is 19.7 Å². The number of aromatic nitrogens is 2. The van der Waals surface area contributed by atoms with E-state index in [0.717, 1.165) is 24.6 Å². The topological polar surface area (TPSA) is 90.3 Å². The van der Waals surface area contributed by atoms with Crippen LogP contribution in [0.25, 0.3) is 0 Å². The van der Waals surface area contributed by atoms with Crippen LogP contribution in [0.4, 0.5) is 11.6 Å². The van der Waals surface area contributed by atoms with Crippen LogP contribution in [0.3, 0.4) is 0 Å². The van der Waals surface area contributed by atoms with E-state index in [2.05, 4.69) is 20.6 Å². The maximum Gasteiger partial charge on any atom is 0.132 e. The summed E-state index contributed by atoms with van der Waals surface area (Å²) in [5.74, 6) is 2.16. The van der Waals surface area contributed by atoms with Crippen molar-refractivity contribution in [2.75, 3.05) is 30.3 Å². The summed E-state index contributed by atoms with van der Waals surface area (Å²) in [4.78, 5) is 8.60. The fourth-order valence-corrected chi connectivity index (χ4v) is 1.30. The molecule has 1 heterocycles. The van der Waals surface area contributed by atoms with E-state index in [0.29, 0.717) is 5.82 Å². The second kappa shape index (κ2) is 7.03. The molecule has 0 aromatic carbocycles. The zero-order valence-corrected chi connectivity index (χ0v) is 10.3. The number of hydrogen-bond acceptors (Lipinski definition) is 6. The van der Waals surface area contributed by atoms with Gasteiger partial charge in [-0.15, -0.1) is 0 Å². The first-order valence-corrected chi connectivity index (χ1v) is 5.84. The zero-order valence-electron chi connectivity index (χ0n) is 10.3. The Labute approximate surface area is 101 Å². The molecular weight excluding hydrogens is 220 g/mol. The Bertz CT molecular complexity index is 346. The van der Waals surface area contributed by atoms with Crippen LogP contribution in [0.5, 0.6) is 0 Å². The number of rotatable bonds is 7. The lowest BCUT2D eigenvalue weighted by Gasteiger charge is -2.12. The van der Waals surface area contributed by atoms with Gasteiger partial charge in [0, 0.05) is 25.6 Å². The molecule has 0 saturated carbocycles. The summed E-state index contributed by atoms with van der Waals surface area (Å²) in [6, 6.07) is 1.78. The zero-order chi connectivity index (χ0) is 12.7. The molecule has 1 unspecified atom stereocenters. The summed E-state index contributed by atoms with van der Waals surface area (Å²) < 4.78 is 0. The van der Waals surface area contributed by atoms with Crippen molar-refractivity contribution in [3.05, 3.63) is 11.9 Å². The van der Waals surface area contributed by atoms with Gasteiger partial charge < -0.3 is 20.8 Å². The molecule has 0 aliphatic heterocycles. The fraction of sp³-hybridized carbons (Fsp3) is 0.636. The lowest BCUT2D eigenvalue weighted by atomic mass is 10.3. The third-order valence-electron chi connectivity index (χ3n) is 2.18. The Hall–Kier alpha value is -1.40. The summed E-state index contributed by atoms with van der Waals surface area (Å²) in [5.41, 5.74) is 0. The number of aryl methyl sites for hydroxylation is 1. The van der Waals surface area contributed by atoms with Crippen LogP contribution in [-0.2, 0) is 6.42 Å². The van der Waals surface area contributed by atoms with Crippen molar-refractivity contribution >= 4 is 11.6 Å². The molecule has 1 atom stereocenters. The van der Waals surface area contributed by atoms with Gasteiger partial charge in [0.1, 0.15) is 17.5 Å². The van der Waals surface area contributed by atoms with Crippen molar-refractivity contribution in [3.63, 3.8) is 0 Å². The average Bonchev–Trinajstić information content (AvgIpc) is 2.36. The molecule has 0 bridgehead atoms. The molecule has 4 N–H and O–H groups in total. The Kier molecular flexibility index (Phi) is 5.65. The minimum Gasteiger partial charge on any atom is -0.394 e. The number of aliphatic hydroxyl groups excluding tert-OH is 2. The van der Waals surface area contributed by atoms with Gasteiger partial charge in [0.15, 0.2) is 0 Å². The van der Waals surface area contributed by atoms with Gasteiger partial charge in [-0.25, -0.2) is 9.97 Å². The molecule has 0 aliphatic rings. The quantitative estimate of drug-likeness (QED) is 0.546. The lowest BCUT2D eigenvalue weighted by Crippen LogP contribution is -2.23. The molecule has 0 spiro atoms. The Balaban J connectivity index is 2.72. The molecule has 6 heteroatoms. The average molecular weight is 240 g/mol. The van der Waals surface area contributed by atoms with Crippen LogP contribution in [-0.4, -0.2) is 46.0 Å². The van der Waals surface area contributed by atoms with E-state index in [9.17, 15) is 5.11 Å². The van der Waals surface area contributed by atoms with Crippen LogP contribution >= 0.6 is 0 Å². The molecule has 96 valence electrons. The van der Waals surface area contributed by atoms with Crippen LogP contribution in [0, 0.1) is 0 Å². The van der Waals surface area contributed by atoms with E-state index in [1.807, 2.05) is 13.8 Å².